The Morgan fingerprint density at radius 2 is 2.00 bits per heavy atom. The largest absolute Gasteiger partial charge is 0.376 e. The standard InChI is InChI=1S/C22H25ClN8O/c1-13-20(24)22(12-32-13)5-7-30(8-6-22)18-10-25-21-16(27-18)9-26-31(21)17-4-3-15-14(19(17)23)11-29(2)28-15/h3-4,9-11,13,20H,5-8,12,24H2,1-2H3/t13-,20+/m0/s1. The van der Waals surface area contributed by atoms with Gasteiger partial charge in [-0.05, 0) is 31.9 Å². The molecule has 166 valence electrons. The molecule has 0 amide bonds. The summed E-state index contributed by atoms with van der Waals surface area (Å²) in [7, 11) is 1.88. The molecule has 2 fully saturated rings. The fourth-order valence-corrected chi connectivity index (χ4v) is 5.41. The fraction of sp³-hybridized carbons (Fsp3) is 0.455. The average Bonchev–Trinajstić information content (AvgIpc) is 3.47. The molecular formula is C22H25ClN8O. The zero-order valence-electron chi connectivity index (χ0n) is 18.1. The highest BCUT2D eigenvalue weighted by Gasteiger charge is 2.47. The smallest absolute Gasteiger partial charge is 0.181 e. The van der Waals surface area contributed by atoms with Crippen LogP contribution < -0.4 is 10.6 Å². The molecule has 0 unspecified atom stereocenters. The van der Waals surface area contributed by atoms with Crippen LogP contribution in [0.1, 0.15) is 19.8 Å². The highest BCUT2D eigenvalue weighted by atomic mass is 35.5. The first-order chi connectivity index (χ1) is 15.4. The Morgan fingerprint density at radius 3 is 2.75 bits per heavy atom. The van der Waals surface area contributed by atoms with Crippen LogP contribution in [0.25, 0.3) is 27.8 Å². The van der Waals surface area contributed by atoms with Crippen molar-refractivity contribution in [2.45, 2.75) is 31.9 Å². The van der Waals surface area contributed by atoms with Crippen molar-refractivity contribution in [3.63, 3.8) is 0 Å². The van der Waals surface area contributed by atoms with Crippen LogP contribution in [0.3, 0.4) is 0 Å². The van der Waals surface area contributed by atoms with E-state index < -0.39 is 0 Å². The number of piperidine rings is 1. The zero-order chi connectivity index (χ0) is 22.0. The molecule has 10 heteroatoms. The van der Waals surface area contributed by atoms with E-state index in [1.807, 2.05) is 31.6 Å². The number of aromatic nitrogens is 6. The molecule has 2 N–H and O–H groups in total. The number of fused-ring (bicyclic) bond motifs is 2. The predicted molar refractivity (Wildman–Crippen MR) is 123 cm³/mol. The van der Waals surface area contributed by atoms with E-state index in [1.54, 1.807) is 15.6 Å². The molecule has 0 bridgehead atoms. The molecule has 0 saturated carbocycles. The van der Waals surface area contributed by atoms with Crippen LogP contribution in [0.4, 0.5) is 5.82 Å². The summed E-state index contributed by atoms with van der Waals surface area (Å²) < 4.78 is 9.33. The number of halogens is 1. The van der Waals surface area contributed by atoms with Crippen LogP contribution in [-0.2, 0) is 11.8 Å². The van der Waals surface area contributed by atoms with E-state index in [1.165, 1.54) is 0 Å². The second-order valence-electron chi connectivity index (χ2n) is 9.02. The zero-order valence-corrected chi connectivity index (χ0v) is 18.8. The normalized spacial score (nSPS) is 23.1. The summed E-state index contributed by atoms with van der Waals surface area (Å²) in [5, 5.41) is 10.4. The molecule has 2 saturated heterocycles. The number of ether oxygens (including phenoxy) is 1. The lowest BCUT2D eigenvalue weighted by molar-refractivity contribution is 0.0974. The lowest BCUT2D eigenvalue weighted by Gasteiger charge is -2.41. The second kappa shape index (κ2) is 7.13. The summed E-state index contributed by atoms with van der Waals surface area (Å²) in [4.78, 5) is 11.8. The van der Waals surface area contributed by atoms with E-state index in [2.05, 4.69) is 22.0 Å². The second-order valence-corrected chi connectivity index (χ2v) is 9.40. The van der Waals surface area contributed by atoms with Crippen molar-refractivity contribution in [3.05, 3.63) is 35.7 Å². The highest BCUT2D eigenvalue weighted by molar-refractivity contribution is 6.37. The predicted octanol–water partition coefficient (Wildman–Crippen LogP) is 2.69. The number of aryl methyl sites for hydroxylation is 1. The quantitative estimate of drug-likeness (QED) is 0.499. The lowest BCUT2D eigenvalue weighted by Crippen LogP contribution is -2.50. The van der Waals surface area contributed by atoms with Crippen LogP contribution in [0.5, 0.6) is 0 Å². The van der Waals surface area contributed by atoms with Crippen molar-refractivity contribution < 1.29 is 4.74 Å². The van der Waals surface area contributed by atoms with Crippen LogP contribution in [-0.4, -0.2) is 61.4 Å². The molecule has 2 atom stereocenters. The number of nitrogens with two attached hydrogens (primary N) is 1. The maximum Gasteiger partial charge on any atom is 0.181 e. The summed E-state index contributed by atoms with van der Waals surface area (Å²) >= 11 is 6.69. The Bertz CT molecular complexity index is 1320. The van der Waals surface area contributed by atoms with Crippen molar-refractivity contribution in [1.82, 2.24) is 29.5 Å². The van der Waals surface area contributed by atoms with Gasteiger partial charge in [0.25, 0.3) is 0 Å². The SMILES string of the molecule is C[C@@H]1OCC2(CCN(c3cnc4c(cnn4-c4ccc5nn(C)cc5c4Cl)n3)CC2)[C@@H]1N. The fourth-order valence-electron chi connectivity index (χ4n) is 5.12. The van der Waals surface area contributed by atoms with Crippen LogP contribution in [0.15, 0.2) is 30.7 Å². The van der Waals surface area contributed by atoms with Crippen molar-refractivity contribution >= 4 is 39.5 Å². The Kier molecular flexibility index (Phi) is 4.43. The van der Waals surface area contributed by atoms with Crippen molar-refractivity contribution in [2.75, 3.05) is 24.6 Å². The molecule has 4 aromatic rings. The minimum absolute atomic E-state index is 0.0834. The van der Waals surface area contributed by atoms with E-state index >= 15 is 0 Å². The van der Waals surface area contributed by atoms with Gasteiger partial charge in [-0.2, -0.15) is 10.2 Å². The molecule has 1 aromatic carbocycles. The van der Waals surface area contributed by atoms with Crippen LogP contribution >= 0.6 is 11.6 Å². The number of anilines is 1. The van der Waals surface area contributed by atoms with E-state index in [4.69, 9.17) is 32.0 Å². The molecule has 1 spiro atoms. The Hall–Kier alpha value is -2.75. The van der Waals surface area contributed by atoms with Gasteiger partial charge >= 0.3 is 0 Å². The first-order valence-electron chi connectivity index (χ1n) is 10.9. The van der Waals surface area contributed by atoms with Gasteiger partial charge in [0.05, 0.1) is 41.3 Å². The van der Waals surface area contributed by atoms with Gasteiger partial charge in [0.15, 0.2) is 5.65 Å². The number of rotatable bonds is 2. The van der Waals surface area contributed by atoms with Gasteiger partial charge in [-0.1, -0.05) is 11.6 Å². The highest BCUT2D eigenvalue weighted by Crippen LogP contribution is 2.41. The maximum atomic E-state index is 6.69. The van der Waals surface area contributed by atoms with Crippen molar-refractivity contribution in [3.8, 4) is 5.69 Å². The lowest BCUT2D eigenvalue weighted by atomic mass is 9.73. The summed E-state index contributed by atoms with van der Waals surface area (Å²) in [5.41, 5.74) is 9.55. The third kappa shape index (κ3) is 2.92. The summed E-state index contributed by atoms with van der Waals surface area (Å²) in [6.45, 7) is 4.60. The van der Waals surface area contributed by atoms with E-state index in [9.17, 15) is 0 Å². The third-order valence-electron chi connectivity index (χ3n) is 7.14. The van der Waals surface area contributed by atoms with E-state index in [0.717, 1.165) is 60.5 Å². The molecule has 32 heavy (non-hydrogen) atoms. The molecular weight excluding hydrogens is 428 g/mol. The van der Waals surface area contributed by atoms with Gasteiger partial charge in [-0.15, -0.1) is 0 Å². The molecule has 0 aliphatic carbocycles. The monoisotopic (exact) mass is 452 g/mol. The van der Waals surface area contributed by atoms with Crippen molar-refractivity contribution in [1.29, 1.82) is 0 Å². The van der Waals surface area contributed by atoms with E-state index in [-0.39, 0.29) is 17.6 Å². The van der Waals surface area contributed by atoms with Gasteiger partial charge in [0, 0.05) is 43.2 Å². The Balaban J connectivity index is 1.29. The number of hydrogen-bond donors (Lipinski definition) is 1. The molecule has 2 aliphatic rings. The summed E-state index contributed by atoms with van der Waals surface area (Å²) in [6.07, 6.45) is 7.59. The van der Waals surface area contributed by atoms with Crippen LogP contribution in [0.2, 0.25) is 5.02 Å². The van der Waals surface area contributed by atoms with Gasteiger partial charge in [0.2, 0.25) is 0 Å². The number of benzene rings is 1. The summed E-state index contributed by atoms with van der Waals surface area (Å²) in [6, 6.07) is 3.95. The van der Waals surface area contributed by atoms with Crippen LogP contribution in [0, 0.1) is 5.41 Å². The minimum atomic E-state index is 0.0834. The maximum absolute atomic E-state index is 6.69. The summed E-state index contributed by atoms with van der Waals surface area (Å²) in [5.74, 6) is 0.862. The molecule has 0 radical (unpaired) electrons. The van der Waals surface area contributed by atoms with Gasteiger partial charge < -0.3 is 15.4 Å². The van der Waals surface area contributed by atoms with E-state index in [0.29, 0.717) is 10.7 Å². The molecule has 3 aromatic heterocycles. The number of nitrogens with zero attached hydrogens (tertiary/aromatic N) is 7. The first-order valence-corrected chi connectivity index (χ1v) is 11.3. The molecule has 6 rings (SSSR count). The third-order valence-corrected chi connectivity index (χ3v) is 7.54. The Morgan fingerprint density at radius 1 is 1.19 bits per heavy atom. The van der Waals surface area contributed by atoms with Gasteiger partial charge in [-0.25, -0.2) is 14.6 Å². The van der Waals surface area contributed by atoms with Gasteiger partial charge in [0.1, 0.15) is 11.3 Å². The first kappa shape index (κ1) is 19.9. The molecule has 9 nitrogen and oxygen atoms in total. The average molecular weight is 453 g/mol. The Labute approximate surface area is 190 Å². The topological polar surface area (TPSA) is 99.9 Å². The number of hydrogen-bond acceptors (Lipinski definition) is 7. The van der Waals surface area contributed by atoms with Gasteiger partial charge in [-0.3, -0.25) is 4.68 Å². The molecule has 2 aliphatic heterocycles. The molecule has 5 heterocycles. The minimum Gasteiger partial charge on any atom is -0.376 e. The van der Waals surface area contributed by atoms with Crippen molar-refractivity contribution in [2.24, 2.45) is 18.2 Å².